The molecule has 0 amide bonds. The Bertz CT molecular complexity index is 2460. The number of benzene rings is 3. The molecule has 8 aliphatic rings. The fraction of sp³-hybridized carbons (Fsp3) is 0.476. The highest BCUT2D eigenvalue weighted by Crippen LogP contribution is 2.70. The van der Waals surface area contributed by atoms with Crippen molar-refractivity contribution >= 4 is 34.6 Å². The molecular formula is C42H45N5O9S. The van der Waals surface area contributed by atoms with Gasteiger partial charge in [-0.1, -0.05) is 18.2 Å². The number of nitrogens with two attached hydrogens (primary N) is 1. The Labute approximate surface area is 332 Å². The minimum atomic E-state index is -1.34. The van der Waals surface area contributed by atoms with Crippen LogP contribution in [-0.2, 0) is 31.8 Å². The van der Waals surface area contributed by atoms with Crippen LogP contribution in [-0.4, -0.2) is 94.1 Å². The summed E-state index contributed by atoms with van der Waals surface area (Å²) < 4.78 is 30.9. The minimum Gasteiger partial charge on any atom is -0.504 e. The van der Waals surface area contributed by atoms with Crippen molar-refractivity contribution in [2.75, 3.05) is 32.8 Å². The Hall–Kier alpha value is -4.51. The van der Waals surface area contributed by atoms with Crippen molar-refractivity contribution < 1.29 is 43.5 Å². The normalized spacial score (nSPS) is 33.2. The molecule has 2 unspecified atom stereocenters. The summed E-state index contributed by atoms with van der Waals surface area (Å²) in [6.07, 6.45) is 0.281. The fourth-order valence-electron chi connectivity index (χ4n) is 11.7. The summed E-state index contributed by atoms with van der Waals surface area (Å²) in [6.45, 7) is 7.44. The van der Waals surface area contributed by atoms with E-state index in [4.69, 9.17) is 29.4 Å². The first kappa shape index (κ1) is 35.6. The van der Waals surface area contributed by atoms with Crippen LogP contribution < -0.4 is 30.0 Å². The lowest BCUT2D eigenvalue weighted by atomic mass is 9.72. The maximum absolute atomic E-state index is 15.0. The molecule has 8 aliphatic heterocycles. The van der Waals surface area contributed by atoms with Crippen LogP contribution >= 0.6 is 11.8 Å². The van der Waals surface area contributed by atoms with E-state index in [0.29, 0.717) is 53.5 Å². The number of nitrogens with one attached hydrogen (secondary N) is 2. The zero-order chi connectivity index (χ0) is 39.4. The summed E-state index contributed by atoms with van der Waals surface area (Å²) in [6, 6.07) is 7.90. The predicted octanol–water partition coefficient (Wildman–Crippen LogP) is 3.95. The van der Waals surface area contributed by atoms with Gasteiger partial charge in [-0.25, -0.2) is 4.79 Å². The number of piperazine rings is 1. The lowest BCUT2D eigenvalue weighted by molar-refractivity contribution is -0.249. The number of phenols is 1. The van der Waals surface area contributed by atoms with Crippen molar-refractivity contribution in [3.63, 3.8) is 0 Å². The maximum Gasteiger partial charge on any atom is 0.333 e. The summed E-state index contributed by atoms with van der Waals surface area (Å²) in [5.74, 6) is 1.01. The number of hydrogen-bond donors (Lipinski definition) is 5. The number of rotatable bonds is 3. The molecule has 12 rings (SSSR count). The number of aliphatic hydroxyl groups is 1. The standard InChI is InChI=1S/C42H45N5O9S/c1-17-10-23-27(32(49)33(17)52-5)30-31-37-29-28(36-35(54-16-55-36)18(2)34(29)56-19(3)48)26(46(31)39(50)25-12-41(23,4)47(25)30)14-53-40(51)42(15-57-37)38-22(11-20(13-43)45-42)21-8-6-7-9-24(21)44-38/h6-10,20,25-26,30-31,37,39,44-45,49-50H,11-16,43H2,1-5H3/t20-,25+,26+,30-,31?,37-,39+,41?,42-/m1/s1. The van der Waals surface area contributed by atoms with E-state index in [0.717, 1.165) is 44.4 Å². The van der Waals surface area contributed by atoms with Crippen LogP contribution in [0.15, 0.2) is 30.3 Å². The van der Waals surface area contributed by atoms with E-state index >= 15 is 4.79 Å². The van der Waals surface area contributed by atoms with Gasteiger partial charge in [-0.2, -0.15) is 0 Å². The topological polar surface area (TPSA) is 181 Å². The maximum atomic E-state index is 15.0. The number of carbonyl (C=O) groups is 2. The van der Waals surface area contributed by atoms with Gasteiger partial charge in [0.25, 0.3) is 0 Å². The number of aromatic amines is 1. The predicted molar refractivity (Wildman–Crippen MR) is 209 cm³/mol. The van der Waals surface area contributed by atoms with Crippen molar-refractivity contribution in [1.82, 2.24) is 20.1 Å². The largest absolute Gasteiger partial charge is 0.504 e. The quantitative estimate of drug-likeness (QED) is 0.149. The second kappa shape index (κ2) is 12.0. The number of H-pyrrole nitrogens is 1. The number of aromatic nitrogens is 1. The Kier molecular flexibility index (Phi) is 7.52. The van der Waals surface area contributed by atoms with E-state index in [1.165, 1.54) is 18.7 Å². The number of ether oxygens (including phenoxy) is 5. The Morgan fingerprint density at radius 1 is 1.12 bits per heavy atom. The highest BCUT2D eigenvalue weighted by Gasteiger charge is 2.71. The number of thioether (sulfide) groups is 1. The molecule has 3 aromatic carbocycles. The lowest BCUT2D eigenvalue weighted by Crippen LogP contribution is -2.75. The van der Waals surface area contributed by atoms with Crippen LogP contribution in [0.1, 0.15) is 82.2 Å². The lowest BCUT2D eigenvalue weighted by Gasteiger charge is -2.67. The van der Waals surface area contributed by atoms with Crippen LogP contribution in [0.4, 0.5) is 0 Å². The van der Waals surface area contributed by atoms with Crippen molar-refractivity contribution in [2.24, 2.45) is 5.73 Å². The van der Waals surface area contributed by atoms with Gasteiger partial charge in [0.15, 0.2) is 28.5 Å². The molecule has 0 saturated carbocycles. The Balaban J connectivity index is 1.18. The van der Waals surface area contributed by atoms with Crippen LogP contribution in [0.2, 0.25) is 0 Å². The molecular weight excluding hydrogens is 751 g/mol. The number of aromatic hydroxyl groups is 1. The SMILES string of the molecule is COc1c(C)cc2c(c1O)[C@@H]1C3[C@@H]4SC[C@]5(N[C@@H](CN)Cc6c5[nH]c5ccccc65)C(=O)OC[C@@H](c5c6c(c(C)c(OC(C)=O)c54)OCO6)N3[C@@H](O)[C@@H]3CC2(C)N13. The molecule has 14 nitrogen and oxygen atoms in total. The van der Waals surface area contributed by atoms with Gasteiger partial charge in [0.2, 0.25) is 6.79 Å². The van der Waals surface area contributed by atoms with Crippen molar-refractivity contribution in [3.05, 3.63) is 75.0 Å². The molecule has 0 radical (unpaired) electrons. The summed E-state index contributed by atoms with van der Waals surface area (Å²) in [7, 11) is 1.56. The highest BCUT2D eigenvalue weighted by atomic mass is 32.2. The minimum absolute atomic E-state index is 0.0448. The van der Waals surface area contributed by atoms with E-state index in [9.17, 15) is 15.0 Å². The monoisotopic (exact) mass is 795 g/mol. The summed E-state index contributed by atoms with van der Waals surface area (Å²) in [5.41, 5.74) is 11.8. The van der Waals surface area contributed by atoms with Crippen molar-refractivity contribution in [2.45, 2.75) is 93.3 Å². The molecule has 0 aliphatic carbocycles. The molecule has 1 aromatic heterocycles. The highest BCUT2D eigenvalue weighted by molar-refractivity contribution is 7.99. The van der Waals surface area contributed by atoms with Gasteiger partial charge in [0.1, 0.15) is 18.6 Å². The molecule has 298 valence electrons. The number of aliphatic hydroxyl groups excluding tert-OH is 1. The number of para-hydroxylation sites is 1. The van der Waals surface area contributed by atoms with E-state index in [2.05, 4.69) is 39.2 Å². The first-order chi connectivity index (χ1) is 27.4. The number of carbonyl (C=O) groups excluding carboxylic acids is 2. The van der Waals surface area contributed by atoms with Crippen LogP contribution in [0, 0.1) is 13.8 Å². The van der Waals surface area contributed by atoms with E-state index in [1.807, 2.05) is 32.0 Å². The van der Waals surface area contributed by atoms with Gasteiger partial charge >= 0.3 is 11.9 Å². The van der Waals surface area contributed by atoms with Crippen LogP contribution in [0.3, 0.4) is 0 Å². The van der Waals surface area contributed by atoms with Gasteiger partial charge in [0, 0.05) is 70.0 Å². The molecule has 1 spiro atoms. The van der Waals surface area contributed by atoms with Gasteiger partial charge in [-0.3, -0.25) is 19.9 Å². The van der Waals surface area contributed by atoms with E-state index in [1.54, 1.807) is 7.11 Å². The summed E-state index contributed by atoms with van der Waals surface area (Å²) in [4.78, 5) is 36.1. The molecule has 9 heterocycles. The first-order valence-electron chi connectivity index (χ1n) is 19.6. The number of fused-ring (bicyclic) bond motifs is 10. The molecule has 9 atom stereocenters. The van der Waals surface area contributed by atoms with E-state index in [-0.39, 0.29) is 37.0 Å². The Morgan fingerprint density at radius 2 is 1.91 bits per heavy atom. The van der Waals surface area contributed by atoms with Crippen LogP contribution in [0.25, 0.3) is 10.9 Å². The molecule has 15 heteroatoms. The number of esters is 2. The number of methoxy groups -OCH3 is 1. The molecule has 2 bridgehead atoms. The number of phenolic OH excluding ortho intramolecular Hbond substituents is 1. The number of aryl methyl sites for hydroxylation is 1. The average molecular weight is 796 g/mol. The zero-order valence-corrected chi connectivity index (χ0v) is 33.1. The average Bonchev–Trinajstić information content (AvgIpc) is 3.88. The van der Waals surface area contributed by atoms with Gasteiger partial charge < -0.3 is 44.6 Å². The second-order valence-electron chi connectivity index (χ2n) is 16.8. The third-order valence-electron chi connectivity index (χ3n) is 13.9. The molecule has 3 saturated heterocycles. The fourth-order valence-corrected chi connectivity index (χ4v) is 13.4. The zero-order valence-electron chi connectivity index (χ0n) is 32.3. The number of nitrogens with zero attached hydrogens (tertiary/aromatic N) is 2. The molecule has 57 heavy (non-hydrogen) atoms. The molecule has 6 N–H and O–H groups in total. The van der Waals surface area contributed by atoms with Crippen molar-refractivity contribution in [3.8, 4) is 28.7 Å². The molecule has 3 fully saturated rings. The smallest absolute Gasteiger partial charge is 0.333 e. The third kappa shape index (κ3) is 4.39. The summed E-state index contributed by atoms with van der Waals surface area (Å²) in [5, 5.41) is 29.0. The Morgan fingerprint density at radius 3 is 2.68 bits per heavy atom. The van der Waals surface area contributed by atoms with E-state index < -0.39 is 52.6 Å². The third-order valence-corrected chi connectivity index (χ3v) is 15.4. The van der Waals surface area contributed by atoms with Gasteiger partial charge in [0.05, 0.1) is 36.2 Å². The number of hydrogen-bond acceptors (Lipinski definition) is 14. The molecule has 4 aromatic rings. The van der Waals surface area contributed by atoms with Gasteiger partial charge in [-0.15, -0.1) is 11.8 Å². The first-order valence-corrected chi connectivity index (χ1v) is 20.6. The van der Waals surface area contributed by atoms with Gasteiger partial charge in [-0.05, 0) is 62.4 Å². The second-order valence-corrected chi connectivity index (χ2v) is 17.9. The van der Waals surface area contributed by atoms with Crippen molar-refractivity contribution in [1.29, 1.82) is 0 Å². The van der Waals surface area contributed by atoms with Crippen LogP contribution in [0.5, 0.6) is 28.7 Å². The summed E-state index contributed by atoms with van der Waals surface area (Å²) >= 11 is 1.53.